The quantitative estimate of drug-likeness (QED) is 0.528. The van der Waals surface area contributed by atoms with E-state index >= 15 is 0 Å². The summed E-state index contributed by atoms with van der Waals surface area (Å²) in [7, 11) is 0. The molecule has 0 spiro atoms. The maximum atomic E-state index is 11.6. The average Bonchev–Trinajstić information content (AvgIpc) is 2.44. The van der Waals surface area contributed by atoms with Crippen molar-refractivity contribution < 1.29 is 4.79 Å². The van der Waals surface area contributed by atoms with Crippen molar-refractivity contribution >= 4 is 5.91 Å². The average molecular weight is 209 g/mol. The highest BCUT2D eigenvalue weighted by Gasteiger charge is 2.19. The van der Waals surface area contributed by atoms with Crippen LogP contribution in [0.5, 0.6) is 0 Å². The van der Waals surface area contributed by atoms with Crippen LogP contribution in [-0.4, -0.2) is 12.5 Å². The third-order valence-electron chi connectivity index (χ3n) is 3.11. The van der Waals surface area contributed by atoms with Gasteiger partial charge in [-0.3, -0.25) is 4.79 Å². The molecule has 1 amide bonds. The summed E-state index contributed by atoms with van der Waals surface area (Å²) in [6.07, 6.45) is 11.2. The van der Waals surface area contributed by atoms with Gasteiger partial charge >= 0.3 is 0 Å². The largest absolute Gasteiger partial charge is 0.356 e. The summed E-state index contributed by atoms with van der Waals surface area (Å²) in [6, 6.07) is 0. The first-order valence-corrected chi connectivity index (χ1v) is 6.23. The fourth-order valence-electron chi connectivity index (χ4n) is 2.13. The molecule has 2 nitrogen and oxygen atoms in total. The molecule has 1 atom stereocenters. The van der Waals surface area contributed by atoms with Crippen LogP contribution in [-0.2, 0) is 4.79 Å². The van der Waals surface area contributed by atoms with Crippen molar-refractivity contribution in [3.05, 3.63) is 12.7 Å². The molecular weight excluding hydrogens is 186 g/mol. The van der Waals surface area contributed by atoms with E-state index in [2.05, 4.69) is 11.9 Å². The van der Waals surface area contributed by atoms with Gasteiger partial charge in [-0.15, -0.1) is 6.58 Å². The molecule has 0 saturated carbocycles. The second-order valence-electron chi connectivity index (χ2n) is 4.41. The maximum absolute atomic E-state index is 11.6. The smallest absolute Gasteiger partial charge is 0.223 e. The van der Waals surface area contributed by atoms with Crippen molar-refractivity contribution in [2.24, 2.45) is 5.92 Å². The highest BCUT2D eigenvalue weighted by molar-refractivity contribution is 5.78. The van der Waals surface area contributed by atoms with Gasteiger partial charge in [0.15, 0.2) is 0 Å². The van der Waals surface area contributed by atoms with Crippen molar-refractivity contribution in [2.75, 3.05) is 6.54 Å². The molecule has 1 aliphatic rings. The molecule has 15 heavy (non-hydrogen) atoms. The second-order valence-corrected chi connectivity index (χ2v) is 4.41. The summed E-state index contributed by atoms with van der Waals surface area (Å²) < 4.78 is 0. The van der Waals surface area contributed by atoms with Gasteiger partial charge in [-0.25, -0.2) is 0 Å². The molecular formula is C13H23NO. The lowest BCUT2D eigenvalue weighted by molar-refractivity contribution is -0.124. The van der Waals surface area contributed by atoms with Crippen LogP contribution in [0.25, 0.3) is 0 Å². The van der Waals surface area contributed by atoms with Gasteiger partial charge in [0, 0.05) is 12.5 Å². The van der Waals surface area contributed by atoms with Crippen LogP contribution in [0.1, 0.15) is 51.4 Å². The van der Waals surface area contributed by atoms with Crippen LogP contribution in [0.3, 0.4) is 0 Å². The first kappa shape index (κ1) is 12.3. The number of carbonyl (C=O) groups is 1. The van der Waals surface area contributed by atoms with Crippen molar-refractivity contribution in [2.45, 2.75) is 51.4 Å². The molecule has 1 N–H and O–H groups in total. The number of hydrogen-bond donors (Lipinski definition) is 1. The zero-order valence-corrected chi connectivity index (χ0v) is 9.63. The maximum Gasteiger partial charge on any atom is 0.223 e. The van der Waals surface area contributed by atoms with Crippen LogP contribution in [0.4, 0.5) is 0 Å². The Bertz CT molecular complexity index is 201. The summed E-state index contributed by atoms with van der Waals surface area (Å²) in [5, 5.41) is 2.99. The Morgan fingerprint density at radius 1 is 1.33 bits per heavy atom. The molecule has 86 valence electrons. The topological polar surface area (TPSA) is 29.1 Å². The van der Waals surface area contributed by atoms with Crippen LogP contribution in [0, 0.1) is 5.92 Å². The Morgan fingerprint density at radius 3 is 3.00 bits per heavy atom. The predicted octanol–water partition coefficient (Wildman–Crippen LogP) is 3.04. The summed E-state index contributed by atoms with van der Waals surface area (Å²) in [5.41, 5.74) is 0. The van der Waals surface area contributed by atoms with Crippen LogP contribution >= 0.6 is 0 Å². The summed E-state index contributed by atoms with van der Waals surface area (Å²) in [6.45, 7) is 4.59. The second kappa shape index (κ2) is 7.49. The van der Waals surface area contributed by atoms with Gasteiger partial charge in [0.2, 0.25) is 5.91 Å². The fraction of sp³-hybridized carbons (Fsp3) is 0.769. The van der Waals surface area contributed by atoms with E-state index in [1.807, 2.05) is 6.08 Å². The van der Waals surface area contributed by atoms with E-state index in [-0.39, 0.29) is 11.8 Å². The minimum atomic E-state index is 0.288. The molecule has 1 unspecified atom stereocenters. The molecule has 0 radical (unpaired) electrons. The Morgan fingerprint density at radius 2 is 2.20 bits per heavy atom. The van der Waals surface area contributed by atoms with E-state index in [1.54, 1.807) is 0 Å². The molecule has 1 aliphatic heterocycles. The highest BCUT2D eigenvalue weighted by Crippen LogP contribution is 2.19. The first-order chi connectivity index (χ1) is 7.34. The number of nitrogens with one attached hydrogen (secondary N) is 1. The summed E-state index contributed by atoms with van der Waals surface area (Å²) in [5.74, 6) is 0.576. The number of hydrogen-bond acceptors (Lipinski definition) is 1. The number of amides is 1. The number of rotatable bonds is 6. The van der Waals surface area contributed by atoms with E-state index < -0.39 is 0 Å². The van der Waals surface area contributed by atoms with Crippen LogP contribution in [0.2, 0.25) is 0 Å². The molecule has 0 aromatic heterocycles. The zero-order valence-electron chi connectivity index (χ0n) is 9.63. The Labute approximate surface area is 93.1 Å². The number of unbranched alkanes of at least 4 members (excludes halogenated alkanes) is 3. The van der Waals surface area contributed by atoms with Gasteiger partial charge < -0.3 is 5.32 Å². The van der Waals surface area contributed by atoms with E-state index in [0.29, 0.717) is 0 Å². The molecule has 1 saturated heterocycles. The van der Waals surface area contributed by atoms with Gasteiger partial charge in [-0.05, 0) is 32.1 Å². The standard InChI is InChI=1S/C13H23NO/c1-2-3-4-5-6-9-12-10-7-8-11-14-13(12)15/h2,12H,1,3-11H2,(H,14,15). The lowest BCUT2D eigenvalue weighted by atomic mass is 9.95. The SMILES string of the molecule is C=CCCCCCC1CCCCNC1=O. The molecule has 2 heteroatoms. The predicted molar refractivity (Wildman–Crippen MR) is 63.6 cm³/mol. The van der Waals surface area contributed by atoms with Gasteiger partial charge in [0.25, 0.3) is 0 Å². The highest BCUT2D eigenvalue weighted by atomic mass is 16.1. The Kier molecular flexibility index (Phi) is 6.14. The van der Waals surface area contributed by atoms with Crippen LogP contribution in [0.15, 0.2) is 12.7 Å². The molecule has 0 bridgehead atoms. The lowest BCUT2D eigenvalue weighted by Crippen LogP contribution is -2.28. The fourth-order valence-corrected chi connectivity index (χ4v) is 2.13. The van der Waals surface area contributed by atoms with Crippen molar-refractivity contribution in [1.82, 2.24) is 5.32 Å². The van der Waals surface area contributed by atoms with Crippen molar-refractivity contribution in [3.8, 4) is 0 Å². The van der Waals surface area contributed by atoms with E-state index in [1.165, 1.54) is 25.7 Å². The molecule has 1 rings (SSSR count). The normalized spacial score (nSPS) is 21.9. The van der Waals surface area contributed by atoms with Gasteiger partial charge in [0.1, 0.15) is 0 Å². The third-order valence-corrected chi connectivity index (χ3v) is 3.11. The monoisotopic (exact) mass is 209 g/mol. The molecule has 0 aromatic rings. The van der Waals surface area contributed by atoms with E-state index in [4.69, 9.17) is 0 Å². The molecule has 1 heterocycles. The van der Waals surface area contributed by atoms with E-state index in [0.717, 1.165) is 32.2 Å². The van der Waals surface area contributed by atoms with Crippen molar-refractivity contribution in [1.29, 1.82) is 0 Å². The summed E-state index contributed by atoms with van der Waals surface area (Å²) in [4.78, 5) is 11.6. The van der Waals surface area contributed by atoms with Gasteiger partial charge in [-0.2, -0.15) is 0 Å². The minimum Gasteiger partial charge on any atom is -0.356 e. The van der Waals surface area contributed by atoms with Crippen LogP contribution < -0.4 is 5.32 Å². The number of carbonyl (C=O) groups excluding carboxylic acids is 1. The van der Waals surface area contributed by atoms with Gasteiger partial charge in [0.05, 0.1) is 0 Å². The molecule has 0 aromatic carbocycles. The lowest BCUT2D eigenvalue weighted by Gasteiger charge is -2.12. The van der Waals surface area contributed by atoms with E-state index in [9.17, 15) is 4.79 Å². The Hall–Kier alpha value is -0.790. The molecule has 0 aliphatic carbocycles. The summed E-state index contributed by atoms with van der Waals surface area (Å²) >= 11 is 0. The molecule has 1 fully saturated rings. The zero-order chi connectivity index (χ0) is 10.9. The first-order valence-electron chi connectivity index (χ1n) is 6.23. The number of allylic oxidation sites excluding steroid dienone is 1. The van der Waals surface area contributed by atoms with Gasteiger partial charge in [-0.1, -0.05) is 25.3 Å². The Balaban J connectivity index is 2.12. The minimum absolute atomic E-state index is 0.288. The third kappa shape index (κ3) is 5.01. The van der Waals surface area contributed by atoms with Crippen molar-refractivity contribution in [3.63, 3.8) is 0 Å².